The molecule has 16 heavy (non-hydrogen) atoms. The third-order valence-electron chi connectivity index (χ3n) is 1.56. The van der Waals surface area contributed by atoms with Crippen molar-refractivity contribution in [3.05, 3.63) is 0 Å². The maximum absolute atomic E-state index is 11.7. The van der Waals surface area contributed by atoms with Crippen molar-refractivity contribution in [2.24, 2.45) is 0 Å². The van der Waals surface area contributed by atoms with Gasteiger partial charge in [0.1, 0.15) is 5.75 Å². The predicted octanol–water partition coefficient (Wildman–Crippen LogP) is 1.31. The van der Waals surface area contributed by atoms with E-state index in [1.807, 2.05) is 0 Å². The average molecular weight is 262 g/mol. The molecule has 0 atom stereocenters. The average Bonchev–Trinajstić information content (AvgIpc) is 1.99. The van der Waals surface area contributed by atoms with Crippen molar-refractivity contribution in [2.75, 3.05) is 18.1 Å². The molecule has 0 unspecified atom stereocenters. The first kappa shape index (κ1) is 15.2. The number of hydrogen-bond donors (Lipinski definition) is 0. The van der Waals surface area contributed by atoms with E-state index in [-0.39, 0.29) is 6.61 Å². The van der Waals surface area contributed by atoms with Crippen molar-refractivity contribution in [1.29, 1.82) is 0 Å². The number of carbonyl (C=O) groups excluding carboxylic acids is 1. The van der Waals surface area contributed by atoms with E-state index in [2.05, 4.69) is 4.74 Å². The van der Waals surface area contributed by atoms with Gasteiger partial charge in [0.05, 0.1) is 12.4 Å². The van der Waals surface area contributed by atoms with Crippen LogP contribution in [0.15, 0.2) is 0 Å². The number of carbonyl (C=O) groups is 1. The standard InChI is InChI=1S/C8H13F3O4S/c1-2-15-7(12)6-16(13,14)5-3-4-8(9,10)11/h2-6H2,1H3. The van der Waals surface area contributed by atoms with Crippen molar-refractivity contribution < 1.29 is 31.1 Å². The topological polar surface area (TPSA) is 60.4 Å². The number of hydrogen-bond acceptors (Lipinski definition) is 4. The summed E-state index contributed by atoms with van der Waals surface area (Å²) in [4.78, 5) is 10.8. The zero-order valence-electron chi connectivity index (χ0n) is 8.71. The van der Waals surface area contributed by atoms with Crippen LogP contribution in [0, 0.1) is 0 Å². The normalized spacial score (nSPS) is 12.5. The molecule has 0 aliphatic heterocycles. The monoisotopic (exact) mass is 262 g/mol. The molecule has 0 aliphatic carbocycles. The predicted molar refractivity (Wildman–Crippen MR) is 50.6 cm³/mol. The Hall–Kier alpha value is -0.790. The second kappa shape index (κ2) is 6.07. The quantitative estimate of drug-likeness (QED) is 0.677. The summed E-state index contributed by atoms with van der Waals surface area (Å²) in [5.74, 6) is -2.46. The highest BCUT2D eigenvalue weighted by atomic mass is 32.2. The highest BCUT2D eigenvalue weighted by Gasteiger charge is 2.28. The Balaban J connectivity index is 4.02. The summed E-state index contributed by atoms with van der Waals surface area (Å²) in [6, 6.07) is 0. The molecule has 0 aromatic carbocycles. The maximum atomic E-state index is 11.7. The molecule has 0 saturated carbocycles. The van der Waals surface area contributed by atoms with Gasteiger partial charge in [-0.1, -0.05) is 0 Å². The van der Waals surface area contributed by atoms with Gasteiger partial charge in [0.2, 0.25) is 0 Å². The van der Waals surface area contributed by atoms with Gasteiger partial charge in [-0.05, 0) is 13.3 Å². The van der Waals surface area contributed by atoms with E-state index in [1.54, 1.807) is 0 Å². The van der Waals surface area contributed by atoms with E-state index >= 15 is 0 Å². The highest BCUT2D eigenvalue weighted by Crippen LogP contribution is 2.21. The van der Waals surface area contributed by atoms with Crippen LogP contribution in [0.4, 0.5) is 13.2 Å². The van der Waals surface area contributed by atoms with Gasteiger partial charge in [-0.2, -0.15) is 13.2 Å². The van der Waals surface area contributed by atoms with Crippen LogP contribution < -0.4 is 0 Å². The number of ether oxygens (including phenoxy) is 1. The fraction of sp³-hybridized carbons (Fsp3) is 0.875. The first-order valence-corrected chi connectivity index (χ1v) is 6.41. The SMILES string of the molecule is CCOC(=O)CS(=O)(=O)CCCC(F)(F)F. The van der Waals surface area contributed by atoms with E-state index in [9.17, 15) is 26.4 Å². The fourth-order valence-corrected chi connectivity index (χ4v) is 2.12. The Morgan fingerprint density at radius 1 is 1.31 bits per heavy atom. The molecule has 8 heteroatoms. The van der Waals surface area contributed by atoms with Crippen molar-refractivity contribution in [1.82, 2.24) is 0 Å². The van der Waals surface area contributed by atoms with Crippen LogP contribution in [0.3, 0.4) is 0 Å². The lowest BCUT2D eigenvalue weighted by atomic mass is 10.3. The minimum Gasteiger partial charge on any atom is -0.465 e. The summed E-state index contributed by atoms with van der Waals surface area (Å²) in [5.41, 5.74) is 0. The molecule has 0 aromatic rings. The first-order chi connectivity index (χ1) is 7.16. The smallest absolute Gasteiger partial charge is 0.389 e. The summed E-state index contributed by atoms with van der Waals surface area (Å²) in [6.07, 6.45) is -6.08. The van der Waals surface area contributed by atoms with Gasteiger partial charge in [0.15, 0.2) is 9.84 Å². The molecule has 0 amide bonds. The Morgan fingerprint density at radius 3 is 2.31 bits per heavy atom. The molecule has 0 fully saturated rings. The Labute approximate surface area is 91.7 Å². The third-order valence-corrected chi connectivity index (χ3v) is 3.14. The van der Waals surface area contributed by atoms with Crippen LogP contribution >= 0.6 is 0 Å². The Bertz CT molecular complexity index is 321. The molecule has 0 saturated heterocycles. The number of halogens is 3. The molecule has 0 aromatic heterocycles. The Kier molecular flexibility index (Phi) is 5.77. The van der Waals surface area contributed by atoms with Crippen LogP contribution in [0.1, 0.15) is 19.8 Å². The summed E-state index contributed by atoms with van der Waals surface area (Å²) >= 11 is 0. The number of sulfone groups is 1. The minimum absolute atomic E-state index is 0.0386. The van der Waals surface area contributed by atoms with E-state index in [4.69, 9.17) is 0 Å². The van der Waals surface area contributed by atoms with Crippen LogP contribution in [0.5, 0.6) is 0 Å². The van der Waals surface area contributed by atoms with E-state index in [1.165, 1.54) is 6.92 Å². The van der Waals surface area contributed by atoms with Crippen molar-refractivity contribution in [3.63, 3.8) is 0 Å². The largest absolute Gasteiger partial charge is 0.465 e. The summed E-state index contributed by atoms with van der Waals surface area (Å²) < 4.78 is 61.8. The second-order valence-corrected chi connectivity index (χ2v) is 5.30. The van der Waals surface area contributed by atoms with Gasteiger partial charge >= 0.3 is 12.1 Å². The molecule has 0 bridgehead atoms. The summed E-state index contributed by atoms with van der Waals surface area (Å²) in [7, 11) is -3.80. The van der Waals surface area contributed by atoms with Crippen LogP contribution in [-0.4, -0.2) is 38.7 Å². The van der Waals surface area contributed by atoms with Gasteiger partial charge in [0.25, 0.3) is 0 Å². The van der Waals surface area contributed by atoms with E-state index in [0.29, 0.717) is 0 Å². The molecular formula is C8H13F3O4S. The second-order valence-electron chi connectivity index (χ2n) is 3.12. The third kappa shape index (κ3) is 8.51. The molecule has 0 rings (SSSR count). The molecular weight excluding hydrogens is 249 g/mol. The zero-order valence-corrected chi connectivity index (χ0v) is 9.53. The van der Waals surface area contributed by atoms with E-state index in [0.717, 1.165) is 0 Å². The van der Waals surface area contributed by atoms with Crippen LogP contribution in [0.25, 0.3) is 0 Å². The van der Waals surface area contributed by atoms with Gasteiger partial charge < -0.3 is 4.74 Å². The summed E-state index contributed by atoms with van der Waals surface area (Å²) in [6.45, 7) is 1.55. The summed E-state index contributed by atoms with van der Waals surface area (Å²) in [5, 5.41) is 0. The molecule has 0 spiro atoms. The molecule has 4 nitrogen and oxygen atoms in total. The lowest BCUT2D eigenvalue weighted by Gasteiger charge is -2.06. The number of esters is 1. The van der Waals surface area contributed by atoms with Gasteiger partial charge in [-0.15, -0.1) is 0 Å². The maximum Gasteiger partial charge on any atom is 0.389 e. The van der Waals surface area contributed by atoms with Crippen LogP contribution in [-0.2, 0) is 19.4 Å². The van der Waals surface area contributed by atoms with Gasteiger partial charge in [-0.3, -0.25) is 4.79 Å². The van der Waals surface area contributed by atoms with Gasteiger partial charge in [0, 0.05) is 6.42 Å². The molecule has 0 radical (unpaired) electrons. The first-order valence-electron chi connectivity index (χ1n) is 4.59. The lowest BCUT2D eigenvalue weighted by Crippen LogP contribution is -2.22. The molecule has 96 valence electrons. The molecule has 0 aliphatic rings. The van der Waals surface area contributed by atoms with Crippen molar-refractivity contribution in [2.45, 2.75) is 25.9 Å². The fourth-order valence-electron chi connectivity index (χ4n) is 0.947. The molecule has 0 heterocycles. The van der Waals surface area contributed by atoms with Gasteiger partial charge in [-0.25, -0.2) is 8.42 Å². The number of alkyl halides is 3. The number of rotatable bonds is 6. The lowest BCUT2D eigenvalue weighted by molar-refractivity contribution is -0.140. The van der Waals surface area contributed by atoms with E-state index < -0.39 is 46.3 Å². The van der Waals surface area contributed by atoms with Crippen LogP contribution in [0.2, 0.25) is 0 Å². The zero-order chi connectivity index (χ0) is 12.8. The van der Waals surface area contributed by atoms with Crippen molar-refractivity contribution in [3.8, 4) is 0 Å². The highest BCUT2D eigenvalue weighted by molar-refractivity contribution is 7.92. The molecule has 0 N–H and O–H groups in total. The van der Waals surface area contributed by atoms with Crippen molar-refractivity contribution >= 4 is 15.8 Å². The minimum atomic E-state index is -4.38. The Morgan fingerprint density at radius 2 is 1.88 bits per heavy atom.